The molecule has 0 radical (unpaired) electrons. The molecule has 2 aromatic carbocycles. The third-order valence-electron chi connectivity index (χ3n) is 4.18. The number of methoxy groups -OCH3 is 1. The summed E-state index contributed by atoms with van der Waals surface area (Å²) in [5.74, 6) is -0.528. The Bertz CT molecular complexity index is 1050. The Balaban J connectivity index is 0.00000280. The molecule has 1 unspecified atom stereocenters. The summed E-state index contributed by atoms with van der Waals surface area (Å²) in [6, 6.07) is 16.0. The van der Waals surface area contributed by atoms with Gasteiger partial charge in [-0.3, -0.25) is 9.35 Å². The number of esters is 1. The van der Waals surface area contributed by atoms with E-state index in [-0.39, 0.29) is 35.1 Å². The fraction of sp³-hybridized carbons (Fsp3) is 0.211. The van der Waals surface area contributed by atoms with E-state index in [2.05, 4.69) is 9.30 Å². The molecule has 0 saturated carbocycles. The first-order valence-corrected chi connectivity index (χ1v) is 9.71. The van der Waals surface area contributed by atoms with E-state index in [1.54, 1.807) is 12.1 Å². The fourth-order valence-corrected chi connectivity index (χ4v) is 3.71. The van der Waals surface area contributed by atoms with Crippen molar-refractivity contribution in [2.45, 2.75) is 11.8 Å². The summed E-state index contributed by atoms with van der Waals surface area (Å²) >= 11 is 0. The Morgan fingerprint density at radius 3 is 2.43 bits per heavy atom. The van der Waals surface area contributed by atoms with Gasteiger partial charge in [0.2, 0.25) is 5.25 Å². The quantitative estimate of drug-likeness (QED) is 0.362. The van der Waals surface area contributed by atoms with Gasteiger partial charge in [-0.05, 0) is 35.2 Å². The third kappa shape index (κ3) is 5.15. The van der Waals surface area contributed by atoms with E-state index in [1.807, 2.05) is 36.5 Å². The van der Waals surface area contributed by atoms with Crippen molar-refractivity contribution in [1.29, 1.82) is 0 Å². The van der Waals surface area contributed by atoms with Crippen molar-refractivity contribution in [2.75, 3.05) is 13.7 Å². The predicted molar refractivity (Wildman–Crippen MR) is 107 cm³/mol. The summed E-state index contributed by atoms with van der Waals surface area (Å²) in [4.78, 5) is 11.7. The molecule has 3 aromatic rings. The Kier molecular flexibility index (Phi) is 7.68. The molecule has 0 aliphatic heterocycles. The predicted octanol–water partition coefficient (Wildman–Crippen LogP) is 2.17. The normalized spacial score (nSPS) is 12.2. The first-order valence-electron chi connectivity index (χ1n) is 8.21. The number of hydrogen-bond acceptors (Lipinski definition) is 5. The molecule has 1 N–H and O–H groups in total. The van der Waals surface area contributed by atoms with E-state index in [0.717, 1.165) is 18.0 Å². The average molecular weight is 413 g/mol. The van der Waals surface area contributed by atoms with Gasteiger partial charge in [-0.2, -0.15) is 8.42 Å². The van der Waals surface area contributed by atoms with E-state index in [4.69, 9.17) is 4.74 Å². The molecule has 1 heterocycles. The first kappa shape index (κ1) is 22.4. The molecule has 1 aromatic heterocycles. The minimum absolute atomic E-state index is 0. The van der Waals surface area contributed by atoms with Crippen molar-refractivity contribution in [1.82, 2.24) is 4.57 Å². The summed E-state index contributed by atoms with van der Waals surface area (Å²) in [6.07, 6.45) is 1.99. The Morgan fingerprint density at radius 2 is 1.79 bits per heavy atom. The van der Waals surface area contributed by atoms with Crippen LogP contribution in [0.5, 0.6) is 5.75 Å². The molecule has 0 fully saturated rings. The molecule has 144 valence electrons. The Morgan fingerprint density at radius 1 is 1.11 bits per heavy atom. The van der Waals surface area contributed by atoms with Crippen molar-refractivity contribution >= 4 is 56.5 Å². The monoisotopic (exact) mass is 413 g/mol. The number of hydrogen-bond donors (Lipinski definition) is 1. The summed E-state index contributed by atoms with van der Waals surface area (Å²) < 4.78 is 44.4. The van der Waals surface area contributed by atoms with E-state index < -0.39 is 21.3 Å². The second-order valence-electron chi connectivity index (χ2n) is 5.90. The molecule has 0 aliphatic rings. The maximum atomic E-state index is 11.7. The van der Waals surface area contributed by atoms with Crippen LogP contribution in [0.4, 0.5) is 0 Å². The van der Waals surface area contributed by atoms with Gasteiger partial charge in [0.15, 0.2) is 0 Å². The van der Waals surface area contributed by atoms with Crippen LogP contribution in [-0.4, -0.2) is 66.8 Å². The van der Waals surface area contributed by atoms with E-state index in [9.17, 15) is 17.8 Å². The van der Waals surface area contributed by atoms with Gasteiger partial charge in [0.05, 0.1) is 13.7 Å². The van der Waals surface area contributed by atoms with Crippen LogP contribution in [0.15, 0.2) is 60.8 Å². The maximum absolute atomic E-state index is 11.7. The molecular weight excluding hydrogens is 393 g/mol. The molecule has 9 heteroatoms. The Labute approximate surface area is 185 Å². The number of fused-ring (bicyclic) bond motifs is 1. The zero-order valence-corrected chi connectivity index (χ0v) is 15.4. The topological polar surface area (TPSA) is 94.8 Å². The van der Waals surface area contributed by atoms with Gasteiger partial charge in [-0.25, -0.2) is 0 Å². The number of carbonyl (C=O) groups excluding carboxylic acids is 1. The van der Waals surface area contributed by atoms with Crippen LogP contribution < -0.4 is 4.74 Å². The van der Waals surface area contributed by atoms with Gasteiger partial charge in [0.25, 0.3) is 10.1 Å². The number of rotatable bonds is 7. The number of carbonyl (C=O) groups is 1. The van der Waals surface area contributed by atoms with Crippen LogP contribution >= 0.6 is 0 Å². The zero-order chi connectivity index (χ0) is 19.4. The van der Waals surface area contributed by atoms with Crippen LogP contribution in [0.3, 0.4) is 0 Å². The van der Waals surface area contributed by atoms with Gasteiger partial charge in [0.1, 0.15) is 12.4 Å². The van der Waals surface area contributed by atoms with Crippen molar-refractivity contribution < 1.29 is 27.2 Å². The molecule has 3 rings (SSSR count). The summed E-state index contributed by atoms with van der Waals surface area (Å²) in [7, 11) is -3.57. The summed E-state index contributed by atoms with van der Waals surface area (Å²) in [5.41, 5.74) is 1.22. The van der Waals surface area contributed by atoms with Gasteiger partial charge < -0.3 is 14.0 Å². The van der Waals surface area contributed by atoms with Crippen molar-refractivity contribution in [2.24, 2.45) is 0 Å². The van der Waals surface area contributed by atoms with Crippen LogP contribution in [0.2, 0.25) is 0 Å². The van der Waals surface area contributed by atoms with E-state index in [1.165, 1.54) is 12.1 Å². The number of para-hydroxylation sites is 1. The first-order chi connectivity index (χ1) is 12.9. The Hall–Kier alpha value is -1.84. The van der Waals surface area contributed by atoms with Crippen LogP contribution in [0.25, 0.3) is 10.9 Å². The minimum atomic E-state index is -4.63. The zero-order valence-electron chi connectivity index (χ0n) is 14.6. The molecule has 7 nitrogen and oxygen atoms in total. The summed E-state index contributed by atoms with van der Waals surface area (Å²) in [6.45, 7) is 1.06. The summed E-state index contributed by atoms with van der Waals surface area (Å²) in [5, 5.41) is -0.622. The van der Waals surface area contributed by atoms with Gasteiger partial charge in [-0.15, -0.1) is 0 Å². The fourth-order valence-electron chi connectivity index (χ4n) is 2.87. The number of benzene rings is 2. The molecule has 0 amide bonds. The van der Waals surface area contributed by atoms with Crippen LogP contribution in [0.1, 0.15) is 10.8 Å². The van der Waals surface area contributed by atoms with Crippen LogP contribution in [-0.2, 0) is 26.2 Å². The molecular formula is C19H20NNaO6S. The van der Waals surface area contributed by atoms with Gasteiger partial charge in [0, 0.05) is 11.7 Å². The van der Waals surface area contributed by atoms with Gasteiger partial charge >= 0.3 is 35.5 Å². The van der Waals surface area contributed by atoms with Crippen LogP contribution in [0, 0.1) is 0 Å². The van der Waals surface area contributed by atoms with Gasteiger partial charge in [-0.1, -0.05) is 30.3 Å². The third-order valence-corrected chi connectivity index (χ3v) is 5.24. The SMILES string of the molecule is COC(=O)C(c1ccc(OCCn2ccc3ccccc32)cc1)S(=O)(=O)O.[NaH]. The molecule has 1 atom stereocenters. The molecule has 0 bridgehead atoms. The number of aromatic nitrogens is 1. The molecule has 0 aliphatic carbocycles. The van der Waals surface area contributed by atoms with Crippen molar-refractivity contribution in [3.63, 3.8) is 0 Å². The molecule has 28 heavy (non-hydrogen) atoms. The van der Waals surface area contributed by atoms with E-state index >= 15 is 0 Å². The number of nitrogens with zero attached hydrogens (tertiary/aromatic N) is 1. The number of ether oxygens (including phenoxy) is 2. The average Bonchev–Trinajstić information content (AvgIpc) is 3.05. The second kappa shape index (κ2) is 9.58. The van der Waals surface area contributed by atoms with E-state index in [0.29, 0.717) is 18.9 Å². The van der Waals surface area contributed by atoms with Crippen molar-refractivity contribution in [3.8, 4) is 5.75 Å². The standard InChI is InChI=1S/C19H19NO6S.Na.H/c1-25-19(21)18(27(22,23)24)15-6-8-16(9-7-15)26-13-12-20-11-10-14-4-2-3-5-17(14)20;;/h2-11,18H,12-13H2,1H3,(H,22,23,24);;. The molecule has 0 spiro atoms. The molecule has 0 saturated heterocycles. The second-order valence-corrected chi connectivity index (χ2v) is 7.40. The van der Waals surface area contributed by atoms with Crippen molar-refractivity contribution in [3.05, 3.63) is 66.4 Å².